The maximum atomic E-state index is 5.76. The molecule has 1 rings (SSSR count). The van der Waals surface area contributed by atoms with Crippen LogP contribution in [-0.2, 0) is 4.74 Å². The van der Waals surface area contributed by atoms with Gasteiger partial charge in [-0.1, -0.05) is 84.0 Å². The molecule has 0 amide bonds. The van der Waals surface area contributed by atoms with Gasteiger partial charge in [0.05, 0.1) is 6.61 Å². The van der Waals surface area contributed by atoms with Gasteiger partial charge in [0.2, 0.25) is 0 Å². The van der Waals surface area contributed by atoms with Gasteiger partial charge in [-0.25, -0.2) is 0 Å². The molecule has 0 bridgehead atoms. The molecule has 1 saturated heterocycles. The molecular weight excluding hydrogens is 270 g/mol. The third kappa shape index (κ3) is 10.6. The first-order valence-corrected chi connectivity index (χ1v) is 10.0. The molecule has 0 aromatic rings. The summed E-state index contributed by atoms with van der Waals surface area (Å²) in [5, 5.41) is 3.55. The van der Waals surface area contributed by atoms with Crippen LogP contribution in [-0.4, -0.2) is 18.4 Å². The van der Waals surface area contributed by atoms with Crippen molar-refractivity contribution >= 4 is 0 Å². The van der Waals surface area contributed by atoms with Crippen LogP contribution < -0.4 is 5.32 Å². The Bertz CT molecular complexity index is 252. The second-order valence-corrected chi connectivity index (χ2v) is 7.86. The van der Waals surface area contributed by atoms with Gasteiger partial charge in [-0.15, -0.1) is 0 Å². The molecule has 1 fully saturated rings. The molecular formula is C20H41NO. The van der Waals surface area contributed by atoms with Gasteiger partial charge in [-0.3, -0.25) is 5.32 Å². The van der Waals surface area contributed by atoms with E-state index in [9.17, 15) is 0 Å². The minimum Gasteiger partial charge on any atom is -0.361 e. The molecule has 1 aliphatic rings. The molecule has 0 radical (unpaired) electrons. The molecule has 0 aliphatic carbocycles. The Morgan fingerprint density at radius 3 is 1.64 bits per heavy atom. The van der Waals surface area contributed by atoms with Gasteiger partial charge in [0.15, 0.2) is 0 Å². The Balaban J connectivity index is 1.73. The van der Waals surface area contributed by atoms with E-state index in [1.165, 1.54) is 89.9 Å². The van der Waals surface area contributed by atoms with Crippen LogP contribution in [0.3, 0.4) is 0 Å². The van der Waals surface area contributed by atoms with Crippen molar-refractivity contribution in [3.63, 3.8) is 0 Å². The Labute approximate surface area is 139 Å². The highest BCUT2D eigenvalue weighted by molar-refractivity contribution is 4.84. The Kier molecular flexibility index (Phi) is 11.2. The van der Waals surface area contributed by atoms with Gasteiger partial charge in [0.1, 0.15) is 6.23 Å². The zero-order chi connectivity index (χ0) is 16.1. The number of ether oxygens (including phenoxy) is 1. The molecule has 132 valence electrons. The van der Waals surface area contributed by atoms with Gasteiger partial charge >= 0.3 is 0 Å². The van der Waals surface area contributed by atoms with Crippen molar-refractivity contribution in [2.75, 3.05) is 6.61 Å². The van der Waals surface area contributed by atoms with Gasteiger partial charge < -0.3 is 4.74 Å². The fraction of sp³-hybridized carbons (Fsp3) is 1.00. The van der Waals surface area contributed by atoms with Crippen LogP contribution in [0, 0.1) is 0 Å². The molecule has 1 N–H and O–H groups in total. The van der Waals surface area contributed by atoms with Crippen molar-refractivity contribution in [2.24, 2.45) is 0 Å². The summed E-state index contributed by atoms with van der Waals surface area (Å²) < 4.78 is 5.76. The quantitative estimate of drug-likeness (QED) is 0.386. The smallest absolute Gasteiger partial charge is 0.108 e. The average Bonchev–Trinajstić information content (AvgIpc) is 2.83. The van der Waals surface area contributed by atoms with Crippen molar-refractivity contribution in [1.82, 2.24) is 5.32 Å². The lowest BCUT2D eigenvalue weighted by Gasteiger charge is -2.16. The Hall–Kier alpha value is -0.0800. The van der Waals surface area contributed by atoms with Crippen LogP contribution in [0.1, 0.15) is 111 Å². The predicted molar refractivity (Wildman–Crippen MR) is 97.3 cm³/mol. The van der Waals surface area contributed by atoms with Crippen LogP contribution in [0.15, 0.2) is 0 Å². The zero-order valence-electron chi connectivity index (χ0n) is 15.6. The van der Waals surface area contributed by atoms with E-state index in [1.54, 1.807) is 0 Å². The van der Waals surface area contributed by atoms with Crippen molar-refractivity contribution < 1.29 is 4.74 Å². The normalized spacial score (nSPS) is 20.6. The first kappa shape index (κ1) is 20.0. The summed E-state index contributed by atoms with van der Waals surface area (Å²) in [4.78, 5) is 0. The van der Waals surface area contributed by atoms with Crippen molar-refractivity contribution in [1.29, 1.82) is 0 Å². The monoisotopic (exact) mass is 311 g/mol. The summed E-state index contributed by atoms with van der Waals surface area (Å²) in [6, 6.07) is 0. The Morgan fingerprint density at radius 1 is 0.773 bits per heavy atom. The van der Waals surface area contributed by atoms with E-state index in [0.717, 1.165) is 6.61 Å². The van der Waals surface area contributed by atoms with Gasteiger partial charge in [-0.2, -0.15) is 0 Å². The second-order valence-electron chi connectivity index (χ2n) is 7.86. The summed E-state index contributed by atoms with van der Waals surface area (Å²) in [6.45, 7) is 7.59. The lowest BCUT2D eigenvalue weighted by Crippen LogP contribution is -2.38. The van der Waals surface area contributed by atoms with Crippen molar-refractivity contribution in [3.05, 3.63) is 0 Å². The largest absolute Gasteiger partial charge is 0.361 e. The number of unbranched alkanes of at least 4 members (excludes halogenated alkanes) is 12. The third-order valence-electron chi connectivity index (χ3n) is 4.77. The highest BCUT2D eigenvalue weighted by Crippen LogP contribution is 2.18. The van der Waals surface area contributed by atoms with E-state index in [4.69, 9.17) is 4.74 Å². The van der Waals surface area contributed by atoms with Crippen molar-refractivity contribution in [3.8, 4) is 0 Å². The molecule has 22 heavy (non-hydrogen) atoms. The number of hydrogen-bond acceptors (Lipinski definition) is 2. The van der Waals surface area contributed by atoms with Gasteiger partial charge in [-0.05, 0) is 26.7 Å². The summed E-state index contributed by atoms with van der Waals surface area (Å²) in [5.41, 5.74) is 0.182. The minimum absolute atomic E-state index is 0.182. The summed E-state index contributed by atoms with van der Waals surface area (Å²) in [5.74, 6) is 0. The van der Waals surface area contributed by atoms with E-state index in [-0.39, 0.29) is 5.54 Å². The molecule has 1 aliphatic heterocycles. The van der Waals surface area contributed by atoms with E-state index < -0.39 is 0 Å². The van der Waals surface area contributed by atoms with Crippen LogP contribution in [0.4, 0.5) is 0 Å². The maximum absolute atomic E-state index is 5.76. The lowest BCUT2D eigenvalue weighted by atomic mass is 10.0. The summed E-state index contributed by atoms with van der Waals surface area (Å²) in [7, 11) is 0. The molecule has 0 saturated carbocycles. The van der Waals surface area contributed by atoms with Crippen LogP contribution in [0.2, 0.25) is 0 Å². The predicted octanol–water partition coefficient (Wildman–Crippen LogP) is 6.19. The van der Waals surface area contributed by atoms with Crippen LogP contribution >= 0.6 is 0 Å². The highest BCUT2D eigenvalue weighted by Gasteiger charge is 2.29. The van der Waals surface area contributed by atoms with E-state index in [0.29, 0.717) is 6.23 Å². The number of rotatable bonds is 14. The standard InChI is InChI=1S/C20H41NO/c1-4-5-6-7-8-9-10-11-12-13-14-15-16-17-19-21-20(2,3)18-22-19/h19,21H,4-18H2,1-3H3. The topological polar surface area (TPSA) is 21.3 Å². The zero-order valence-corrected chi connectivity index (χ0v) is 15.6. The summed E-state index contributed by atoms with van der Waals surface area (Å²) in [6.07, 6.45) is 20.0. The third-order valence-corrected chi connectivity index (χ3v) is 4.77. The fourth-order valence-corrected chi connectivity index (χ4v) is 3.33. The maximum Gasteiger partial charge on any atom is 0.108 e. The van der Waals surface area contributed by atoms with E-state index >= 15 is 0 Å². The molecule has 0 aromatic carbocycles. The molecule has 1 heterocycles. The van der Waals surface area contributed by atoms with Crippen molar-refractivity contribution in [2.45, 2.75) is 122 Å². The first-order chi connectivity index (χ1) is 10.6. The average molecular weight is 312 g/mol. The van der Waals surface area contributed by atoms with Gasteiger partial charge in [0.25, 0.3) is 0 Å². The molecule has 0 spiro atoms. The second kappa shape index (κ2) is 12.4. The van der Waals surface area contributed by atoms with Gasteiger partial charge in [0, 0.05) is 5.54 Å². The molecule has 1 atom stereocenters. The number of nitrogens with one attached hydrogen (secondary N) is 1. The van der Waals surface area contributed by atoms with Crippen LogP contribution in [0.5, 0.6) is 0 Å². The molecule has 0 aromatic heterocycles. The highest BCUT2D eigenvalue weighted by atomic mass is 16.5. The van der Waals surface area contributed by atoms with E-state index in [1.807, 2.05) is 0 Å². The summed E-state index contributed by atoms with van der Waals surface area (Å²) >= 11 is 0. The molecule has 2 heteroatoms. The SMILES string of the molecule is CCCCCCCCCCCCCCCC1NC(C)(C)CO1. The molecule has 2 nitrogen and oxygen atoms in total. The fourth-order valence-electron chi connectivity index (χ4n) is 3.33. The molecule has 1 unspecified atom stereocenters. The van der Waals surface area contributed by atoms with Crippen LogP contribution in [0.25, 0.3) is 0 Å². The minimum atomic E-state index is 0.182. The first-order valence-electron chi connectivity index (χ1n) is 10.0. The van der Waals surface area contributed by atoms with E-state index in [2.05, 4.69) is 26.1 Å². The Morgan fingerprint density at radius 2 is 1.23 bits per heavy atom. The lowest BCUT2D eigenvalue weighted by molar-refractivity contribution is 0.0895. The number of hydrogen-bond donors (Lipinski definition) is 1.